The van der Waals surface area contributed by atoms with Crippen LogP contribution < -0.4 is 5.73 Å². The minimum Gasteiger partial charge on any atom is -0.339 e. The van der Waals surface area contributed by atoms with Gasteiger partial charge < -0.3 is 10.3 Å². The first-order valence-electron chi connectivity index (χ1n) is 5.53. The van der Waals surface area contributed by atoms with Gasteiger partial charge in [-0.25, -0.2) is 0 Å². The fraction of sp³-hybridized carbons (Fsp3) is 0.818. The van der Waals surface area contributed by atoms with E-state index in [1.54, 1.807) is 0 Å². The summed E-state index contributed by atoms with van der Waals surface area (Å²) in [5.74, 6) is 1.55. The summed E-state index contributed by atoms with van der Waals surface area (Å²) >= 11 is 0. The van der Waals surface area contributed by atoms with Crippen LogP contribution in [0.4, 0.5) is 0 Å². The zero-order chi connectivity index (χ0) is 11.3. The SMILES string of the molecule is CC(C)(C)Cc1noc(CCCCN)n1. The molecule has 1 heterocycles. The van der Waals surface area contributed by atoms with E-state index in [0.717, 1.165) is 43.9 Å². The zero-order valence-corrected chi connectivity index (χ0v) is 9.92. The minimum absolute atomic E-state index is 0.207. The second-order valence-corrected chi connectivity index (χ2v) is 5.09. The summed E-state index contributed by atoms with van der Waals surface area (Å²) in [4.78, 5) is 4.35. The first-order chi connectivity index (χ1) is 7.01. The van der Waals surface area contributed by atoms with Gasteiger partial charge in [0.25, 0.3) is 0 Å². The summed E-state index contributed by atoms with van der Waals surface area (Å²) in [6.45, 7) is 7.22. The van der Waals surface area contributed by atoms with Crippen molar-refractivity contribution in [3.63, 3.8) is 0 Å². The number of nitrogens with zero attached hydrogens (tertiary/aromatic N) is 2. The van der Waals surface area contributed by atoms with Gasteiger partial charge in [0.05, 0.1) is 0 Å². The molecule has 0 aromatic carbocycles. The van der Waals surface area contributed by atoms with Crippen LogP contribution in [0.1, 0.15) is 45.3 Å². The molecule has 4 nitrogen and oxygen atoms in total. The van der Waals surface area contributed by atoms with Gasteiger partial charge >= 0.3 is 0 Å². The topological polar surface area (TPSA) is 64.9 Å². The highest BCUT2D eigenvalue weighted by molar-refractivity contribution is 4.90. The van der Waals surface area contributed by atoms with Crippen molar-refractivity contribution in [1.29, 1.82) is 0 Å². The maximum atomic E-state index is 5.41. The number of aromatic nitrogens is 2. The van der Waals surface area contributed by atoms with Crippen molar-refractivity contribution in [2.24, 2.45) is 11.1 Å². The lowest BCUT2D eigenvalue weighted by molar-refractivity contribution is 0.352. The second kappa shape index (κ2) is 5.26. The van der Waals surface area contributed by atoms with Crippen LogP contribution in [-0.4, -0.2) is 16.7 Å². The van der Waals surface area contributed by atoms with Crippen LogP contribution in [0.15, 0.2) is 4.52 Å². The Morgan fingerprint density at radius 1 is 1.27 bits per heavy atom. The molecule has 1 rings (SSSR count). The van der Waals surface area contributed by atoms with E-state index in [0.29, 0.717) is 0 Å². The molecule has 0 unspecified atom stereocenters. The van der Waals surface area contributed by atoms with Crippen molar-refractivity contribution in [3.05, 3.63) is 11.7 Å². The molecule has 0 aliphatic rings. The highest BCUT2D eigenvalue weighted by Crippen LogP contribution is 2.18. The number of hydrogen-bond donors (Lipinski definition) is 1. The molecule has 0 spiro atoms. The van der Waals surface area contributed by atoms with Crippen molar-refractivity contribution in [2.75, 3.05) is 6.54 Å². The average Bonchev–Trinajstić information content (AvgIpc) is 2.50. The van der Waals surface area contributed by atoms with Gasteiger partial charge in [-0.3, -0.25) is 0 Å². The predicted molar refractivity (Wildman–Crippen MR) is 59.4 cm³/mol. The second-order valence-electron chi connectivity index (χ2n) is 5.09. The van der Waals surface area contributed by atoms with Gasteiger partial charge in [0.1, 0.15) is 0 Å². The van der Waals surface area contributed by atoms with Crippen LogP contribution in [0, 0.1) is 5.41 Å². The largest absolute Gasteiger partial charge is 0.339 e. The van der Waals surface area contributed by atoms with E-state index in [1.165, 1.54) is 0 Å². The third-order valence-corrected chi connectivity index (χ3v) is 2.04. The molecule has 0 aliphatic heterocycles. The third kappa shape index (κ3) is 4.93. The predicted octanol–water partition coefficient (Wildman–Crippen LogP) is 1.94. The Hall–Kier alpha value is -0.900. The van der Waals surface area contributed by atoms with Crippen molar-refractivity contribution >= 4 is 0 Å². The Labute approximate surface area is 91.2 Å². The maximum Gasteiger partial charge on any atom is 0.226 e. The molecule has 0 saturated carbocycles. The van der Waals surface area contributed by atoms with Gasteiger partial charge in [-0.05, 0) is 24.8 Å². The summed E-state index contributed by atoms with van der Waals surface area (Å²) in [6.07, 6.45) is 3.73. The van der Waals surface area contributed by atoms with Gasteiger partial charge in [-0.1, -0.05) is 25.9 Å². The Bertz CT molecular complexity index is 288. The molecular weight excluding hydrogens is 190 g/mol. The molecule has 0 fully saturated rings. The Balaban J connectivity index is 2.42. The van der Waals surface area contributed by atoms with E-state index in [2.05, 4.69) is 30.9 Å². The van der Waals surface area contributed by atoms with E-state index in [9.17, 15) is 0 Å². The van der Waals surface area contributed by atoms with Gasteiger partial charge in [-0.15, -0.1) is 0 Å². The fourth-order valence-electron chi connectivity index (χ4n) is 1.36. The van der Waals surface area contributed by atoms with Gasteiger partial charge in [0.2, 0.25) is 5.89 Å². The van der Waals surface area contributed by atoms with E-state index in [4.69, 9.17) is 10.3 Å². The zero-order valence-electron chi connectivity index (χ0n) is 9.92. The molecule has 1 aromatic heterocycles. The van der Waals surface area contributed by atoms with Crippen LogP contribution in [0.3, 0.4) is 0 Å². The van der Waals surface area contributed by atoms with Gasteiger partial charge in [-0.2, -0.15) is 4.98 Å². The molecule has 2 N–H and O–H groups in total. The Morgan fingerprint density at radius 2 is 2.00 bits per heavy atom. The molecule has 0 bridgehead atoms. The lowest BCUT2D eigenvalue weighted by atomic mass is 9.92. The van der Waals surface area contributed by atoms with E-state index >= 15 is 0 Å². The maximum absolute atomic E-state index is 5.41. The Morgan fingerprint density at radius 3 is 2.60 bits per heavy atom. The lowest BCUT2D eigenvalue weighted by Crippen LogP contribution is -2.10. The van der Waals surface area contributed by atoms with Crippen LogP contribution in [0.25, 0.3) is 0 Å². The molecule has 0 aliphatic carbocycles. The average molecular weight is 211 g/mol. The van der Waals surface area contributed by atoms with Crippen LogP contribution in [0.5, 0.6) is 0 Å². The number of rotatable bonds is 5. The standard InChI is InChI=1S/C11H21N3O/c1-11(2,3)8-9-13-10(15-14-9)6-4-5-7-12/h4-8,12H2,1-3H3. The minimum atomic E-state index is 0.207. The molecule has 0 radical (unpaired) electrons. The molecular formula is C11H21N3O. The molecule has 1 aromatic rings. The number of aryl methyl sites for hydroxylation is 1. The quantitative estimate of drug-likeness (QED) is 0.756. The van der Waals surface area contributed by atoms with Crippen molar-refractivity contribution in [3.8, 4) is 0 Å². The highest BCUT2D eigenvalue weighted by atomic mass is 16.5. The van der Waals surface area contributed by atoms with Crippen molar-refractivity contribution < 1.29 is 4.52 Å². The van der Waals surface area contributed by atoms with E-state index in [-0.39, 0.29) is 5.41 Å². The number of nitrogens with two attached hydrogens (primary N) is 1. The summed E-state index contributed by atoms with van der Waals surface area (Å²) in [5.41, 5.74) is 5.62. The summed E-state index contributed by atoms with van der Waals surface area (Å²) < 4.78 is 5.16. The van der Waals surface area contributed by atoms with Crippen LogP contribution >= 0.6 is 0 Å². The fourth-order valence-corrected chi connectivity index (χ4v) is 1.36. The first-order valence-corrected chi connectivity index (χ1v) is 5.53. The molecule has 86 valence electrons. The first kappa shape index (κ1) is 12.2. The van der Waals surface area contributed by atoms with Crippen LogP contribution in [-0.2, 0) is 12.8 Å². The normalized spacial score (nSPS) is 12.0. The van der Waals surface area contributed by atoms with Gasteiger partial charge in [0.15, 0.2) is 5.82 Å². The number of unbranched alkanes of at least 4 members (excludes halogenated alkanes) is 1. The van der Waals surface area contributed by atoms with Crippen LogP contribution in [0.2, 0.25) is 0 Å². The number of hydrogen-bond acceptors (Lipinski definition) is 4. The van der Waals surface area contributed by atoms with Gasteiger partial charge in [0, 0.05) is 12.8 Å². The molecule has 0 amide bonds. The molecule has 0 atom stereocenters. The van der Waals surface area contributed by atoms with E-state index < -0.39 is 0 Å². The monoisotopic (exact) mass is 211 g/mol. The smallest absolute Gasteiger partial charge is 0.226 e. The molecule has 15 heavy (non-hydrogen) atoms. The Kier molecular flexibility index (Phi) is 4.27. The summed E-state index contributed by atoms with van der Waals surface area (Å²) in [7, 11) is 0. The third-order valence-electron chi connectivity index (χ3n) is 2.04. The van der Waals surface area contributed by atoms with Crippen molar-refractivity contribution in [1.82, 2.24) is 10.1 Å². The highest BCUT2D eigenvalue weighted by Gasteiger charge is 2.15. The van der Waals surface area contributed by atoms with E-state index in [1.807, 2.05) is 0 Å². The van der Waals surface area contributed by atoms with Crippen molar-refractivity contribution in [2.45, 2.75) is 46.5 Å². The molecule has 0 saturated heterocycles. The lowest BCUT2D eigenvalue weighted by Gasteiger charge is -2.14. The summed E-state index contributed by atoms with van der Waals surface area (Å²) in [5, 5.41) is 3.96. The molecule has 4 heteroatoms. The summed E-state index contributed by atoms with van der Waals surface area (Å²) in [6, 6.07) is 0.